The van der Waals surface area contributed by atoms with Gasteiger partial charge in [0.2, 0.25) is 0 Å². The molecule has 3 atom stereocenters. The predicted molar refractivity (Wildman–Crippen MR) is 96.2 cm³/mol. The normalized spacial score (nSPS) is 25.0. The maximum absolute atomic E-state index is 12.1. The molecule has 1 fully saturated rings. The Morgan fingerprint density at radius 1 is 1.22 bits per heavy atom. The first kappa shape index (κ1) is 18.0. The number of hydrogen-bond donors (Lipinski definition) is 0. The quantitative estimate of drug-likeness (QED) is 0.459. The van der Waals surface area contributed by atoms with Gasteiger partial charge >= 0.3 is 5.97 Å². The van der Waals surface area contributed by atoms with Crippen LogP contribution in [0.1, 0.15) is 43.5 Å². The van der Waals surface area contributed by atoms with E-state index in [9.17, 15) is 4.79 Å². The van der Waals surface area contributed by atoms with E-state index < -0.39 is 14.0 Å². The molecular formula is C19H28O3Si. The largest absolute Gasteiger partial charge is 0.373 e. The molecule has 1 saturated carbocycles. The Morgan fingerprint density at radius 3 is 2.43 bits per heavy atom. The second-order valence-corrected chi connectivity index (χ2v) is 11.8. The highest BCUT2D eigenvalue weighted by molar-refractivity contribution is 6.93. The van der Waals surface area contributed by atoms with Crippen LogP contribution < -0.4 is 5.19 Å². The van der Waals surface area contributed by atoms with Crippen LogP contribution in [0.3, 0.4) is 0 Å². The fourth-order valence-corrected chi connectivity index (χ4v) is 4.35. The van der Waals surface area contributed by atoms with Crippen molar-refractivity contribution in [3.63, 3.8) is 0 Å². The van der Waals surface area contributed by atoms with Crippen LogP contribution in [0.15, 0.2) is 36.5 Å². The number of carbonyl (C=O) groups is 1. The fraction of sp³-hybridized carbons (Fsp3) is 0.526. The van der Waals surface area contributed by atoms with Crippen LogP contribution in [-0.4, -0.2) is 20.1 Å². The zero-order valence-electron chi connectivity index (χ0n) is 14.7. The van der Waals surface area contributed by atoms with Gasteiger partial charge in [-0.3, -0.25) is 4.89 Å². The van der Waals surface area contributed by atoms with E-state index in [1.807, 2.05) is 30.0 Å². The summed E-state index contributed by atoms with van der Waals surface area (Å²) in [7, 11) is -1.59. The average molecular weight is 333 g/mol. The molecule has 0 saturated heterocycles. The topological polar surface area (TPSA) is 35.5 Å². The Labute approximate surface area is 140 Å². The van der Waals surface area contributed by atoms with Crippen molar-refractivity contribution in [1.29, 1.82) is 0 Å². The molecule has 2 rings (SSSR count). The summed E-state index contributed by atoms with van der Waals surface area (Å²) in [6.07, 6.45) is 3.22. The lowest BCUT2D eigenvalue weighted by molar-refractivity contribution is -0.290. The molecular weight excluding hydrogens is 304 g/mol. The smallest absolute Gasteiger partial charge is 0.293 e. The molecule has 3 nitrogen and oxygen atoms in total. The van der Waals surface area contributed by atoms with E-state index in [0.717, 1.165) is 25.2 Å². The summed E-state index contributed by atoms with van der Waals surface area (Å²) in [5, 5.41) is 1.25. The van der Waals surface area contributed by atoms with E-state index in [4.69, 9.17) is 9.78 Å². The van der Waals surface area contributed by atoms with Crippen LogP contribution >= 0.6 is 0 Å². The van der Waals surface area contributed by atoms with Crippen LogP contribution in [0.4, 0.5) is 0 Å². The van der Waals surface area contributed by atoms with Gasteiger partial charge in [-0.05, 0) is 43.2 Å². The van der Waals surface area contributed by atoms with Gasteiger partial charge in [0, 0.05) is 0 Å². The van der Waals surface area contributed by atoms with Crippen molar-refractivity contribution in [2.45, 2.75) is 52.3 Å². The molecule has 0 heterocycles. The minimum Gasteiger partial charge on any atom is -0.293 e. The Balaban J connectivity index is 1.92. The highest BCUT2D eigenvalue weighted by Gasteiger charge is 2.28. The lowest BCUT2D eigenvalue weighted by Gasteiger charge is -2.30. The van der Waals surface area contributed by atoms with E-state index in [2.05, 4.69) is 33.5 Å². The van der Waals surface area contributed by atoms with Gasteiger partial charge in [-0.1, -0.05) is 50.0 Å². The highest BCUT2D eigenvalue weighted by Crippen LogP contribution is 2.30. The van der Waals surface area contributed by atoms with Crippen molar-refractivity contribution in [1.82, 2.24) is 0 Å². The Bertz CT molecular complexity index is 550. The summed E-state index contributed by atoms with van der Waals surface area (Å²) < 4.78 is 0. The predicted octanol–water partition coefficient (Wildman–Crippen LogP) is 4.24. The molecule has 0 N–H and O–H groups in total. The monoisotopic (exact) mass is 332 g/mol. The van der Waals surface area contributed by atoms with Crippen molar-refractivity contribution < 1.29 is 14.6 Å². The molecule has 0 radical (unpaired) electrons. The van der Waals surface area contributed by atoms with E-state index in [-0.39, 0.29) is 6.10 Å². The van der Waals surface area contributed by atoms with Crippen molar-refractivity contribution in [2.24, 2.45) is 11.8 Å². The van der Waals surface area contributed by atoms with Crippen LogP contribution in [0.2, 0.25) is 13.1 Å². The first-order valence-corrected chi connectivity index (χ1v) is 11.5. The van der Waals surface area contributed by atoms with Gasteiger partial charge in [0.25, 0.3) is 0 Å². The van der Waals surface area contributed by atoms with E-state index in [0.29, 0.717) is 11.5 Å². The summed E-state index contributed by atoms with van der Waals surface area (Å²) in [6.45, 7) is 12.8. The van der Waals surface area contributed by atoms with Crippen LogP contribution in [0, 0.1) is 11.8 Å². The van der Waals surface area contributed by atoms with Crippen molar-refractivity contribution >= 4 is 19.2 Å². The van der Waals surface area contributed by atoms with Gasteiger partial charge in [0.15, 0.2) is 0 Å². The van der Waals surface area contributed by atoms with Crippen molar-refractivity contribution in [3.8, 4) is 0 Å². The molecule has 1 aliphatic rings. The minimum absolute atomic E-state index is 0.0153. The Kier molecular flexibility index (Phi) is 5.82. The summed E-state index contributed by atoms with van der Waals surface area (Å²) in [5.41, 5.74) is 2.56. The number of hydrogen-bond acceptors (Lipinski definition) is 3. The van der Waals surface area contributed by atoms with E-state index in [1.165, 1.54) is 5.19 Å². The summed E-state index contributed by atoms with van der Waals surface area (Å²) in [6, 6.07) is 7.61. The first-order chi connectivity index (χ1) is 10.8. The molecule has 0 aliphatic heterocycles. The Morgan fingerprint density at radius 2 is 1.87 bits per heavy atom. The number of carbonyl (C=O) groups excluding carboxylic acids is 1. The zero-order chi connectivity index (χ0) is 17.0. The fourth-order valence-electron chi connectivity index (χ4n) is 3.09. The van der Waals surface area contributed by atoms with Gasteiger partial charge in [-0.25, -0.2) is 4.79 Å². The SMILES string of the molecule is C=C[Si](C)(C)c1ccc(C(=O)OOC2CCC(C)CC2C)cc1. The standard InChI is InChI=1S/C19H28O3Si/c1-6-23(4,5)17-10-8-16(9-11-17)19(20)22-21-18-12-7-14(2)13-15(18)3/h6,8-11,14-15,18H,1,7,12-13H2,2-5H3. The van der Waals surface area contributed by atoms with E-state index >= 15 is 0 Å². The van der Waals surface area contributed by atoms with Gasteiger partial charge in [0.05, 0.1) is 5.56 Å². The maximum atomic E-state index is 12.1. The lowest BCUT2D eigenvalue weighted by atomic mass is 9.81. The third-order valence-corrected chi connectivity index (χ3v) is 7.82. The molecule has 0 spiro atoms. The molecule has 126 valence electrons. The summed E-state index contributed by atoms with van der Waals surface area (Å²) in [5.74, 6) is 0.735. The highest BCUT2D eigenvalue weighted by atomic mass is 28.3. The molecule has 23 heavy (non-hydrogen) atoms. The molecule has 0 aromatic heterocycles. The van der Waals surface area contributed by atoms with Gasteiger partial charge in [-0.2, -0.15) is 4.89 Å². The van der Waals surface area contributed by atoms with Crippen LogP contribution in [0.25, 0.3) is 0 Å². The van der Waals surface area contributed by atoms with Crippen molar-refractivity contribution in [3.05, 3.63) is 42.1 Å². The molecule has 1 aromatic carbocycles. The molecule has 0 bridgehead atoms. The summed E-state index contributed by atoms with van der Waals surface area (Å²) >= 11 is 0. The maximum Gasteiger partial charge on any atom is 0.373 e. The second kappa shape index (κ2) is 7.45. The van der Waals surface area contributed by atoms with Gasteiger partial charge in [0.1, 0.15) is 14.2 Å². The first-order valence-electron chi connectivity index (χ1n) is 8.45. The third-order valence-electron chi connectivity index (χ3n) is 4.98. The van der Waals surface area contributed by atoms with E-state index in [1.54, 1.807) is 0 Å². The zero-order valence-corrected chi connectivity index (χ0v) is 15.7. The molecule has 1 aromatic rings. The Hall–Kier alpha value is -1.39. The average Bonchev–Trinajstić information content (AvgIpc) is 2.54. The van der Waals surface area contributed by atoms with Crippen LogP contribution in [-0.2, 0) is 9.78 Å². The van der Waals surface area contributed by atoms with Gasteiger partial charge in [-0.15, -0.1) is 6.58 Å². The molecule has 0 amide bonds. The molecule has 1 aliphatic carbocycles. The molecule has 4 heteroatoms. The number of benzene rings is 1. The van der Waals surface area contributed by atoms with Crippen molar-refractivity contribution in [2.75, 3.05) is 0 Å². The van der Waals surface area contributed by atoms with Gasteiger partial charge < -0.3 is 0 Å². The lowest BCUT2D eigenvalue weighted by Crippen LogP contribution is -2.39. The number of rotatable bonds is 5. The molecule has 3 unspecified atom stereocenters. The minimum atomic E-state index is -1.59. The second-order valence-electron chi connectivity index (χ2n) is 7.40. The third kappa shape index (κ3) is 4.55. The van der Waals surface area contributed by atoms with Crippen LogP contribution in [0.5, 0.6) is 0 Å². The summed E-state index contributed by atoms with van der Waals surface area (Å²) in [4.78, 5) is 22.6.